The summed E-state index contributed by atoms with van der Waals surface area (Å²) in [7, 11) is 1.57. The summed E-state index contributed by atoms with van der Waals surface area (Å²) in [4.78, 5) is 23.0. The summed E-state index contributed by atoms with van der Waals surface area (Å²) in [6.07, 6.45) is 1.62. The van der Waals surface area contributed by atoms with Gasteiger partial charge in [0.05, 0.1) is 13.7 Å². The van der Waals surface area contributed by atoms with E-state index in [1.54, 1.807) is 43.0 Å². The Balaban J connectivity index is 2.14. The van der Waals surface area contributed by atoms with Crippen molar-refractivity contribution in [2.45, 2.75) is 6.54 Å². The zero-order chi connectivity index (χ0) is 12.3. The van der Waals surface area contributed by atoms with Crippen LogP contribution in [0.5, 0.6) is 5.75 Å². The fraction of sp³-hybridized carbons (Fsp3) is 0.167. The van der Waals surface area contributed by atoms with Crippen LogP contribution in [0.3, 0.4) is 0 Å². The molecule has 88 valence electrons. The number of methoxy groups -OCH3 is 1. The predicted octanol–water partition coefficient (Wildman–Crippen LogP) is 1.80. The number of nitrogens with zero attached hydrogens (tertiary/aromatic N) is 1. The largest absolute Gasteiger partial charge is 0.497 e. The summed E-state index contributed by atoms with van der Waals surface area (Å²) in [6, 6.07) is 6.84. The van der Waals surface area contributed by atoms with Crippen molar-refractivity contribution in [3.05, 3.63) is 51.1 Å². The number of ketones is 1. The Morgan fingerprint density at radius 2 is 2.06 bits per heavy atom. The molecule has 0 aliphatic heterocycles. The molecule has 0 fully saturated rings. The molecule has 1 aromatic heterocycles. The maximum Gasteiger partial charge on any atom is 0.307 e. The molecule has 0 saturated carbocycles. The molecule has 2 rings (SSSR count). The molecule has 0 atom stereocenters. The second kappa shape index (κ2) is 4.97. The Morgan fingerprint density at radius 3 is 2.59 bits per heavy atom. The van der Waals surface area contributed by atoms with Gasteiger partial charge in [0, 0.05) is 17.1 Å². The van der Waals surface area contributed by atoms with E-state index in [1.165, 1.54) is 4.57 Å². The minimum Gasteiger partial charge on any atom is -0.497 e. The standard InChI is InChI=1S/C12H11NO3S/c1-16-10-4-2-9(3-5-10)11(14)8-13-6-7-17-12(13)15/h2-7H,8H2,1H3. The molecular weight excluding hydrogens is 238 g/mol. The highest BCUT2D eigenvalue weighted by Gasteiger charge is 2.08. The Labute approximate surface area is 102 Å². The zero-order valence-corrected chi connectivity index (χ0v) is 10.1. The minimum atomic E-state index is -0.119. The maximum atomic E-state index is 11.9. The van der Waals surface area contributed by atoms with Crippen LogP contribution < -0.4 is 9.61 Å². The van der Waals surface area contributed by atoms with Crippen molar-refractivity contribution in [1.82, 2.24) is 4.57 Å². The van der Waals surface area contributed by atoms with Gasteiger partial charge in [0.25, 0.3) is 0 Å². The highest BCUT2D eigenvalue weighted by atomic mass is 32.1. The summed E-state index contributed by atoms with van der Waals surface area (Å²) in [6.45, 7) is 0.0780. The van der Waals surface area contributed by atoms with Gasteiger partial charge >= 0.3 is 4.87 Å². The number of hydrogen-bond donors (Lipinski definition) is 0. The van der Waals surface area contributed by atoms with E-state index in [-0.39, 0.29) is 17.2 Å². The normalized spacial score (nSPS) is 10.2. The molecule has 0 saturated heterocycles. The van der Waals surface area contributed by atoms with Crippen molar-refractivity contribution in [3.8, 4) is 5.75 Å². The Hall–Kier alpha value is -1.88. The minimum absolute atomic E-state index is 0.0780. The summed E-state index contributed by atoms with van der Waals surface area (Å²) < 4.78 is 6.41. The fourth-order valence-corrected chi connectivity index (χ4v) is 2.02. The highest BCUT2D eigenvalue weighted by Crippen LogP contribution is 2.12. The zero-order valence-electron chi connectivity index (χ0n) is 9.25. The van der Waals surface area contributed by atoms with Crippen LogP contribution in [0.1, 0.15) is 10.4 Å². The summed E-state index contributed by atoms with van der Waals surface area (Å²) in [5, 5.41) is 1.67. The van der Waals surface area contributed by atoms with Crippen LogP contribution in [0.15, 0.2) is 40.6 Å². The van der Waals surface area contributed by atoms with Gasteiger partial charge in [0.15, 0.2) is 5.78 Å². The molecule has 1 heterocycles. The van der Waals surface area contributed by atoms with Gasteiger partial charge in [-0.15, -0.1) is 0 Å². The van der Waals surface area contributed by atoms with E-state index in [1.807, 2.05) is 0 Å². The molecule has 2 aromatic rings. The quantitative estimate of drug-likeness (QED) is 0.776. The molecule has 0 N–H and O–H groups in total. The molecule has 0 bridgehead atoms. The van der Waals surface area contributed by atoms with Gasteiger partial charge < -0.3 is 4.74 Å². The first-order chi connectivity index (χ1) is 8.20. The third-order valence-electron chi connectivity index (χ3n) is 2.37. The van der Waals surface area contributed by atoms with Gasteiger partial charge in [0.2, 0.25) is 0 Å². The summed E-state index contributed by atoms with van der Waals surface area (Å²) in [5.74, 6) is 0.613. The molecule has 0 aliphatic carbocycles. The van der Waals surface area contributed by atoms with Gasteiger partial charge in [-0.1, -0.05) is 11.3 Å². The first-order valence-corrected chi connectivity index (χ1v) is 5.90. The van der Waals surface area contributed by atoms with Crippen LogP contribution in [-0.2, 0) is 6.54 Å². The second-order valence-electron chi connectivity index (χ2n) is 3.45. The summed E-state index contributed by atoms with van der Waals surface area (Å²) in [5.41, 5.74) is 0.573. The van der Waals surface area contributed by atoms with Crippen LogP contribution in [-0.4, -0.2) is 17.5 Å². The van der Waals surface area contributed by atoms with Crippen molar-refractivity contribution in [3.63, 3.8) is 0 Å². The van der Waals surface area contributed by atoms with Crippen molar-refractivity contribution in [2.24, 2.45) is 0 Å². The number of rotatable bonds is 4. The topological polar surface area (TPSA) is 48.3 Å². The molecule has 0 radical (unpaired) electrons. The van der Waals surface area contributed by atoms with Crippen LogP contribution in [0.25, 0.3) is 0 Å². The number of carbonyl (C=O) groups is 1. The van der Waals surface area contributed by atoms with Gasteiger partial charge in [-0.2, -0.15) is 0 Å². The molecular formula is C12H11NO3S. The van der Waals surface area contributed by atoms with Crippen LogP contribution in [0.4, 0.5) is 0 Å². The lowest BCUT2D eigenvalue weighted by Gasteiger charge is -2.03. The molecule has 17 heavy (non-hydrogen) atoms. The van der Waals surface area contributed by atoms with E-state index in [2.05, 4.69) is 0 Å². The fourth-order valence-electron chi connectivity index (χ4n) is 1.43. The number of carbonyl (C=O) groups excluding carboxylic acids is 1. The Kier molecular flexibility index (Phi) is 3.39. The molecule has 0 unspecified atom stereocenters. The molecule has 0 spiro atoms. The average molecular weight is 249 g/mol. The third-order valence-corrected chi connectivity index (χ3v) is 3.06. The van der Waals surface area contributed by atoms with Crippen LogP contribution in [0, 0.1) is 0 Å². The van der Waals surface area contributed by atoms with E-state index in [4.69, 9.17) is 4.74 Å². The van der Waals surface area contributed by atoms with E-state index in [0.717, 1.165) is 11.3 Å². The van der Waals surface area contributed by atoms with Crippen molar-refractivity contribution < 1.29 is 9.53 Å². The number of aromatic nitrogens is 1. The Bertz CT molecular complexity index is 568. The highest BCUT2D eigenvalue weighted by molar-refractivity contribution is 7.07. The molecule has 0 aliphatic rings. The number of Topliss-reactive ketones (excluding diaryl/α,β-unsaturated/α-hetero) is 1. The van der Waals surface area contributed by atoms with E-state index in [0.29, 0.717) is 11.3 Å². The van der Waals surface area contributed by atoms with Crippen molar-refractivity contribution in [1.29, 1.82) is 0 Å². The first-order valence-electron chi connectivity index (χ1n) is 5.02. The SMILES string of the molecule is COc1ccc(C(=O)Cn2ccsc2=O)cc1. The van der Waals surface area contributed by atoms with Gasteiger partial charge in [-0.3, -0.25) is 14.2 Å². The average Bonchev–Trinajstić information content (AvgIpc) is 2.75. The van der Waals surface area contributed by atoms with Crippen LogP contribution in [0.2, 0.25) is 0 Å². The lowest BCUT2D eigenvalue weighted by atomic mass is 10.1. The number of hydrogen-bond acceptors (Lipinski definition) is 4. The monoisotopic (exact) mass is 249 g/mol. The Morgan fingerprint density at radius 1 is 1.35 bits per heavy atom. The van der Waals surface area contributed by atoms with Gasteiger partial charge in [-0.05, 0) is 24.3 Å². The van der Waals surface area contributed by atoms with E-state index in [9.17, 15) is 9.59 Å². The third kappa shape index (κ3) is 2.62. The van der Waals surface area contributed by atoms with Gasteiger partial charge in [-0.25, -0.2) is 0 Å². The second-order valence-corrected chi connectivity index (χ2v) is 4.31. The van der Waals surface area contributed by atoms with Crippen molar-refractivity contribution in [2.75, 3.05) is 7.11 Å². The van der Waals surface area contributed by atoms with Gasteiger partial charge in [0.1, 0.15) is 5.75 Å². The van der Waals surface area contributed by atoms with E-state index >= 15 is 0 Å². The first kappa shape index (κ1) is 11.6. The molecule has 0 amide bonds. The number of ether oxygens (including phenoxy) is 1. The molecule has 4 nitrogen and oxygen atoms in total. The number of benzene rings is 1. The number of thiazole rings is 1. The lowest BCUT2D eigenvalue weighted by molar-refractivity contribution is 0.0971. The lowest BCUT2D eigenvalue weighted by Crippen LogP contribution is -2.18. The maximum absolute atomic E-state index is 11.9. The predicted molar refractivity (Wildman–Crippen MR) is 65.9 cm³/mol. The molecule has 5 heteroatoms. The van der Waals surface area contributed by atoms with Crippen molar-refractivity contribution >= 4 is 17.1 Å². The van der Waals surface area contributed by atoms with E-state index < -0.39 is 0 Å². The summed E-state index contributed by atoms with van der Waals surface area (Å²) >= 11 is 1.08. The molecule has 1 aromatic carbocycles. The van der Waals surface area contributed by atoms with Crippen LogP contribution >= 0.6 is 11.3 Å². The smallest absolute Gasteiger partial charge is 0.307 e.